The molecular formula is C49H28O. The SMILES string of the molecule is c1ccc2c(c1)Oc1ccccc1C21c2cc(-c3cc4ccccc4c4ccccc34)ccc2-c2c1cc1ccc3cccc4ccc2c1c34. The molecule has 50 heavy (non-hydrogen) atoms. The van der Waals surface area contributed by atoms with Crippen LogP contribution in [0.25, 0.3) is 76.1 Å². The zero-order valence-corrected chi connectivity index (χ0v) is 27.1. The summed E-state index contributed by atoms with van der Waals surface area (Å²) in [6.07, 6.45) is 0. The van der Waals surface area contributed by atoms with E-state index >= 15 is 0 Å². The number of hydrogen-bond acceptors (Lipinski definition) is 1. The Kier molecular flexibility index (Phi) is 4.97. The summed E-state index contributed by atoms with van der Waals surface area (Å²) in [5, 5.41) is 12.9. The topological polar surface area (TPSA) is 9.23 Å². The Morgan fingerprint density at radius 3 is 1.78 bits per heavy atom. The lowest BCUT2D eigenvalue weighted by Crippen LogP contribution is -2.32. The third-order valence-electron chi connectivity index (χ3n) is 11.6. The summed E-state index contributed by atoms with van der Waals surface area (Å²) >= 11 is 0. The molecule has 0 amide bonds. The maximum atomic E-state index is 6.71. The summed E-state index contributed by atoms with van der Waals surface area (Å²) in [4.78, 5) is 0. The van der Waals surface area contributed by atoms with Crippen molar-refractivity contribution in [1.29, 1.82) is 0 Å². The smallest absolute Gasteiger partial charge is 0.132 e. The molecule has 0 atom stereocenters. The Hall–Kier alpha value is -6.44. The van der Waals surface area contributed by atoms with Crippen LogP contribution in [-0.4, -0.2) is 0 Å². The second kappa shape index (κ2) is 9.37. The molecular weight excluding hydrogens is 605 g/mol. The standard InChI is InChI=1S/C49H28O/c1-2-13-34-31(10-1)26-39(36-15-4-3-14-35(34)36)32-23-24-37-42(27-32)49(40-16-5-7-18-44(40)50-45-19-8-6-17-41(45)49)43-28-33-21-20-29-11-9-12-30-22-25-38(48(37)43)47(33)46(29)30/h1-28H. The maximum absolute atomic E-state index is 6.71. The fourth-order valence-electron chi connectivity index (χ4n) is 9.65. The number of benzene rings is 10. The predicted molar refractivity (Wildman–Crippen MR) is 208 cm³/mol. The highest BCUT2D eigenvalue weighted by Gasteiger charge is 2.51. The van der Waals surface area contributed by atoms with E-state index in [0.717, 1.165) is 11.5 Å². The van der Waals surface area contributed by atoms with E-state index in [1.165, 1.54) is 98.4 Å². The molecule has 0 N–H and O–H groups in total. The van der Waals surface area contributed by atoms with E-state index in [9.17, 15) is 0 Å². The Bertz CT molecular complexity index is 3010. The first-order valence-electron chi connectivity index (χ1n) is 17.4. The second-order valence-electron chi connectivity index (χ2n) is 14.0. The summed E-state index contributed by atoms with van der Waals surface area (Å²) < 4.78 is 6.71. The van der Waals surface area contributed by atoms with Gasteiger partial charge in [0, 0.05) is 11.1 Å². The average Bonchev–Trinajstić information content (AvgIpc) is 3.46. The number of hydrogen-bond donors (Lipinski definition) is 0. The molecule has 230 valence electrons. The molecule has 10 aromatic rings. The van der Waals surface area contributed by atoms with Gasteiger partial charge >= 0.3 is 0 Å². The third kappa shape index (κ3) is 3.18. The quantitative estimate of drug-likeness (QED) is 0.164. The zero-order chi connectivity index (χ0) is 32.6. The molecule has 1 aliphatic carbocycles. The van der Waals surface area contributed by atoms with Crippen LogP contribution in [-0.2, 0) is 5.41 Å². The van der Waals surface area contributed by atoms with Gasteiger partial charge in [-0.15, -0.1) is 0 Å². The molecule has 1 heteroatoms. The van der Waals surface area contributed by atoms with Crippen molar-refractivity contribution < 1.29 is 4.74 Å². The van der Waals surface area contributed by atoms with E-state index in [0.29, 0.717) is 0 Å². The Labute approximate surface area is 289 Å². The van der Waals surface area contributed by atoms with Crippen molar-refractivity contribution in [1.82, 2.24) is 0 Å². The lowest BCUT2D eigenvalue weighted by Gasteiger charge is -2.39. The number of fused-ring (bicyclic) bond motifs is 13. The van der Waals surface area contributed by atoms with Crippen LogP contribution in [0, 0.1) is 0 Å². The molecule has 0 unspecified atom stereocenters. The first kappa shape index (κ1) is 26.5. The van der Waals surface area contributed by atoms with Crippen LogP contribution in [0.3, 0.4) is 0 Å². The first-order valence-corrected chi connectivity index (χ1v) is 17.4. The van der Waals surface area contributed by atoms with Gasteiger partial charge in [0.1, 0.15) is 11.5 Å². The number of rotatable bonds is 1. The summed E-state index contributed by atoms with van der Waals surface area (Å²) in [7, 11) is 0. The van der Waals surface area contributed by atoms with Crippen LogP contribution in [0.15, 0.2) is 170 Å². The predicted octanol–water partition coefficient (Wildman–Crippen LogP) is 13.0. The van der Waals surface area contributed by atoms with E-state index in [1.807, 2.05) is 0 Å². The van der Waals surface area contributed by atoms with Gasteiger partial charge in [-0.25, -0.2) is 0 Å². The molecule has 1 heterocycles. The zero-order valence-electron chi connectivity index (χ0n) is 27.1. The van der Waals surface area contributed by atoms with E-state index in [2.05, 4.69) is 170 Å². The molecule has 0 aromatic heterocycles. The molecule has 0 bridgehead atoms. The molecule has 10 aromatic carbocycles. The molecule has 12 rings (SSSR count). The highest BCUT2D eigenvalue weighted by molar-refractivity contribution is 6.27. The fourth-order valence-corrected chi connectivity index (χ4v) is 9.65. The van der Waals surface area contributed by atoms with E-state index < -0.39 is 5.41 Å². The minimum Gasteiger partial charge on any atom is -0.457 e. The lowest BCUT2D eigenvalue weighted by molar-refractivity contribution is 0.436. The molecule has 0 fully saturated rings. The highest BCUT2D eigenvalue weighted by Crippen LogP contribution is 2.64. The molecule has 0 radical (unpaired) electrons. The van der Waals surface area contributed by atoms with Gasteiger partial charge in [-0.3, -0.25) is 0 Å². The second-order valence-corrected chi connectivity index (χ2v) is 14.0. The van der Waals surface area contributed by atoms with Crippen molar-refractivity contribution in [3.05, 3.63) is 192 Å². The van der Waals surface area contributed by atoms with Crippen molar-refractivity contribution in [3.8, 4) is 33.8 Å². The summed E-state index contributed by atoms with van der Waals surface area (Å²) in [5.41, 5.74) is 9.53. The van der Waals surface area contributed by atoms with E-state index in [1.54, 1.807) is 0 Å². The largest absolute Gasteiger partial charge is 0.457 e. The van der Waals surface area contributed by atoms with Crippen molar-refractivity contribution in [2.75, 3.05) is 0 Å². The van der Waals surface area contributed by atoms with Gasteiger partial charge in [0.2, 0.25) is 0 Å². The van der Waals surface area contributed by atoms with Gasteiger partial charge in [0.05, 0.1) is 5.41 Å². The number of ether oxygens (including phenoxy) is 1. The van der Waals surface area contributed by atoms with Crippen molar-refractivity contribution in [2.24, 2.45) is 0 Å². The number of para-hydroxylation sites is 2. The van der Waals surface area contributed by atoms with Gasteiger partial charge in [-0.2, -0.15) is 0 Å². The summed E-state index contributed by atoms with van der Waals surface area (Å²) in [6.45, 7) is 0. The fraction of sp³-hybridized carbons (Fsp3) is 0.0204. The van der Waals surface area contributed by atoms with Crippen LogP contribution in [0.2, 0.25) is 0 Å². The van der Waals surface area contributed by atoms with Crippen LogP contribution in [0.1, 0.15) is 22.3 Å². The van der Waals surface area contributed by atoms with Crippen LogP contribution >= 0.6 is 0 Å². The Balaban J connectivity index is 1.27. The van der Waals surface area contributed by atoms with Gasteiger partial charge in [0.25, 0.3) is 0 Å². The Morgan fingerprint density at radius 2 is 0.980 bits per heavy atom. The van der Waals surface area contributed by atoms with E-state index in [-0.39, 0.29) is 0 Å². The molecule has 2 aliphatic rings. The minimum absolute atomic E-state index is 0.566. The summed E-state index contributed by atoms with van der Waals surface area (Å²) in [6, 6.07) is 63.1. The van der Waals surface area contributed by atoms with Crippen molar-refractivity contribution in [3.63, 3.8) is 0 Å². The Morgan fingerprint density at radius 1 is 0.340 bits per heavy atom. The molecule has 1 spiro atoms. The van der Waals surface area contributed by atoms with Gasteiger partial charge in [0.15, 0.2) is 0 Å². The monoisotopic (exact) mass is 632 g/mol. The maximum Gasteiger partial charge on any atom is 0.132 e. The van der Waals surface area contributed by atoms with Gasteiger partial charge in [-0.1, -0.05) is 140 Å². The van der Waals surface area contributed by atoms with Gasteiger partial charge < -0.3 is 4.74 Å². The minimum atomic E-state index is -0.566. The van der Waals surface area contributed by atoms with E-state index in [4.69, 9.17) is 4.74 Å². The van der Waals surface area contributed by atoms with Crippen LogP contribution < -0.4 is 4.74 Å². The molecule has 0 saturated carbocycles. The first-order chi connectivity index (χ1) is 24.8. The molecule has 0 saturated heterocycles. The molecule has 1 nitrogen and oxygen atoms in total. The highest BCUT2D eigenvalue weighted by atomic mass is 16.5. The summed E-state index contributed by atoms with van der Waals surface area (Å²) in [5.74, 6) is 1.83. The lowest BCUT2D eigenvalue weighted by atomic mass is 9.65. The van der Waals surface area contributed by atoms with Crippen LogP contribution in [0.4, 0.5) is 0 Å². The van der Waals surface area contributed by atoms with Gasteiger partial charge in [-0.05, 0) is 118 Å². The normalized spacial score (nSPS) is 13.9. The average molecular weight is 633 g/mol. The molecule has 1 aliphatic heterocycles. The van der Waals surface area contributed by atoms with Crippen molar-refractivity contribution >= 4 is 53.9 Å². The van der Waals surface area contributed by atoms with Crippen LogP contribution in [0.5, 0.6) is 11.5 Å². The van der Waals surface area contributed by atoms with Crippen molar-refractivity contribution in [2.45, 2.75) is 5.41 Å². The third-order valence-corrected chi connectivity index (χ3v) is 11.6.